The molecule has 4 heteroatoms. The Labute approximate surface area is 151 Å². The van der Waals surface area contributed by atoms with E-state index in [1.165, 1.54) is 4.70 Å². The van der Waals surface area contributed by atoms with E-state index >= 15 is 0 Å². The van der Waals surface area contributed by atoms with E-state index in [0.717, 1.165) is 21.9 Å². The number of fused-ring (bicyclic) bond motifs is 1. The number of aromatic nitrogens is 1. The molecule has 0 spiro atoms. The number of allylic oxidation sites excluding steroid dienone is 2. The van der Waals surface area contributed by atoms with E-state index in [9.17, 15) is 0 Å². The second-order valence-electron chi connectivity index (χ2n) is 5.85. The number of para-hydroxylation sites is 2. The van der Waals surface area contributed by atoms with Crippen LogP contribution in [0.4, 0.5) is 5.69 Å². The first-order valence-corrected chi connectivity index (χ1v) is 8.42. The van der Waals surface area contributed by atoms with Crippen molar-refractivity contribution in [3.05, 3.63) is 84.0 Å². The fraction of sp³-hybridized carbons (Fsp3) is 0.100. The van der Waals surface area contributed by atoms with E-state index in [2.05, 4.69) is 66.8 Å². The van der Waals surface area contributed by atoms with Crippen molar-refractivity contribution in [2.24, 2.45) is 0 Å². The van der Waals surface area contributed by atoms with Crippen molar-refractivity contribution in [1.29, 1.82) is 0 Å². The van der Waals surface area contributed by atoms with Crippen LogP contribution in [0.25, 0.3) is 10.2 Å². The zero-order chi connectivity index (χ0) is 15.9. The molecule has 1 atom stereocenters. The minimum Gasteiger partial charge on any atom is -1.00 e. The monoisotopic (exact) mass is 352 g/mol. The van der Waals surface area contributed by atoms with Gasteiger partial charge in [-0.3, -0.25) is 0 Å². The predicted molar refractivity (Wildman–Crippen MR) is 97.7 cm³/mol. The Kier molecular flexibility index (Phi) is 4.39. The van der Waals surface area contributed by atoms with Crippen LogP contribution in [0.1, 0.15) is 11.9 Å². The number of halogens is 1. The van der Waals surface area contributed by atoms with Gasteiger partial charge in [-0.15, -0.1) is 11.3 Å². The first kappa shape index (κ1) is 16.6. The van der Waals surface area contributed by atoms with Crippen LogP contribution < -0.4 is 12.4 Å². The first-order chi connectivity index (χ1) is 11.2. The standard InChI is InChI=1S/C20H17N2S.ClH/c1-15-20(2,19-21-17-11-6-7-12-18(17)23-19)13-8-14-22(15)16-9-4-3-5-10-16;/h3-14H,1H2,2H3;1H/q+1;/p-1. The molecule has 2 nitrogen and oxygen atoms in total. The second kappa shape index (κ2) is 6.34. The highest BCUT2D eigenvalue weighted by Crippen LogP contribution is 2.40. The Balaban J connectivity index is 0.00000169. The van der Waals surface area contributed by atoms with Gasteiger partial charge in [0.05, 0.1) is 10.2 Å². The van der Waals surface area contributed by atoms with Gasteiger partial charge in [-0.1, -0.05) is 36.4 Å². The summed E-state index contributed by atoms with van der Waals surface area (Å²) in [5.74, 6) is 0. The fourth-order valence-corrected chi connectivity index (χ4v) is 3.99. The lowest BCUT2D eigenvalue weighted by molar-refractivity contribution is -0.388. The third-order valence-electron chi connectivity index (χ3n) is 4.33. The number of rotatable bonds is 2. The lowest BCUT2D eigenvalue weighted by Gasteiger charge is -2.24. The molecule has 4 rings (SSSR count). The van der Waals surface area contributed by atoms with E-state index in [1.54, 1.807) is 11.3 Å². The van der Waals surface area contributed by atoms with E-state index in [1.807, 2.05) is 24.3 Å². The fourth-order valence-electron chi connectivity index (χ4n) is 2.88. The average Bonchev–Trinajstić information content (AvgIpc) is 3.03. The van der Waals surface area contributed by atoms with Crippen molar-refractivity contribution in [2.75, 3.05) is 0 Å². The number of thiazole rings is 1. The van der Waals surface area contributed by atoms with Gasteiger partial charge in [-0.25, -0.2) is 4.98 Å². The Morgan fingerprint density at radius 3 is 2.50 bits per heavy atom. The maximum Gasteiger partial charge on any atom is 0.210 e. The zero-order valence-corrected chi connectivity index (χ0v) is 14.9. The number of hydrogen-bond acceptors (Lipinski definition) is 2. The minimum atomic E-state index is -0.297. The Morgan fingerprint density at radius 2 is 1.75 bits per heavy atom. The zero-order valence-electron chi connectivity index (χ0n) is 13.3. The van der Waals surface area contributed by atoms with Crippen molar-refractivity contribution < 1.29 is 17.0 Å². The molecule has 1 aromatic heterocycles. The van der Waals surface area contributed by atoms with Crippen molar-refractivity contribution >= 4 is 33.5 Å². The van der Waals surface area contributed by atoms with Crippen LogP contribution in [-0.4, -0.2) is 15.8 Å². The van der Waals surface area contributed by atoms with Gasteiger partial charge in [-0.2, -0.15) is 4.58 Å². The predicted octanol–water partition coefficient (Wildman–Crippen LogP) is 2.06. The maximum absolute atomic E-state index is 4.85. The summed E-state index contributed by atoms with van der Waals surface area (Å²) in [7, 11) is 0. The Bertz CT molecular complexity index is 923. The topological polar surface area (TPSA) is 15.9 Å². The van der Waals surface area contributed by atoms with E-state index < -0.39 is 0 Å². The molecule has 24 heavy (non-hydrogen) atoms. The van der Waals surface area contributed by atoms with E-state index in [-0.39, 0.29) is 17.8 Å². The molecule has 0 saturated carbocycles. The van der Waals surface area contributed by atoms with Gasteiger partial charge >= 0.3 is 0 Å². The highest BCUT2D eigenvalue weighted by atomic mass is 35.5. The lowest BCUT2D eigenvalue weighted by Crippen LogP contribution is -3.00. The number of benzene rings is 2. The van der Waals surface area contributed by atoms with Crippen LogP contribution >= 0.6 is 11.3 Å². The molecule has 0 N–H and O–H groups in total. The lowest BCUT2D eigenvalue weighted by atomic mass is 9.85. The molecule has 0 saturated heterocycles. The van der Waals surface area contributed by atoms with Crippen LogP contribution in [0, 0.1) is 0 Å². The summed E-state index contributed by atoms with van der Waals surface area (Å²) in [5.41, 5.74) is 2.89. The summed E-state index contributed by atoms with van der Waals surface area (Å²) in [5, 5.41) is 1.08. The molecule has 0 aliphatic carbocycles. The Morgan fingerprint density at radius 1 is 1.04 bits per heavy atom. The van der Waals surface area contributed by atoms with Gasteiger partial charge in [0.25, 0.3) is 0 Å². The van der Waals surface area contributed by atoms with E-state index in [4.69, 9.17) is 4.98 Å². The SMILES string of the molecule is C=C1[N+](c2ccccc2)=CC=CC1(C)c1nc2ccccc2s1.[Cl-]. The highest BCUT2D eigenvalue weighted by Gasteiger charge is 2.40. The summed E-state index contributed by atoms with van der Waals surface area (Å²) >= 11 is 1.74. The molecule has 0 fully saturated rings. The molecular formula is C20H17ClN2S. The molecule has 2 heterocycles. The smallest absolute Gasteiger partial charge is 0.210 e. The van der Waals surface area contributed by atoms with Crippen molar-refractivity contribution in [3.63, 3.8) is 0 Å². The van der Waals surface area contributed by atoms with Crippen molar-refractivity contribution in [1.82, 2.24) is 4.98 Å². The summed E-state index contributed by atoms with van der Waals surface area (Å²) in [6.45, 7) is 6.57. The van der Waals surface area contributed by atoms with Gasteiger partial charge in [0, 0.05) is 12.1 Å². The minimum absolute atomic E-state index is 0. The third kappa shape index (κ3) is 2.60. The van der Waals surface area contributed by atoms with Gasteiger partial charge in [0.2, 0.25) is 5.69 Å². The molecule has 1 aliphatic heterocycles. The largest absolute Gasteiger partial charge is 1.00 e. The molecule has 2 aromatic carbocycles. The van der Waals surface area contributed by atoms with E-state index in [0.29, 0.717) is 0 Å². The van der Waals surface area contributed by atoms with Crippen molar-refractivity contribution in [2.45, 2.75) is 12.3 Å². The van der Waals surface area contributed by atoms with Gasteiger partial charge < -0.3 is 12.4 Å². The molecular weight excluding hydrogens is 336 g/mol. The van der Waals surface area contributed by atoms with Gasteiger partial charge in [-0.05, 0) is 31.7 Å². The quantitative estimate of drug-likeness (QED) is 0.645. The van der Waals surface area contributed by atoms with Crippen molar-refractivity contribution in [3.8, 4) is 0 Å². The van der Waals surface area contributed by atoms with Crippen LogP contribution in [0.3, 0.4) is 0 Å². The normalized spacial score (nSPS) is 19.9. The maximum atomic E-state index is 4.85. The summed E-state index contributed by atoms with van der Waals surface area (Å²) < 4.78 is 3.36. The second-order valence-corrected chi connectivity index (χ2v) is 6.88. The van der Waals surface area contributed by atoms with Crippen LogP contribution in [-0.2, 0) is 5.41 Å². The molecule has 120 valence electrons. The van der Waals surface area contributed by atoms with Gasteiger partial charge in [0.15, 0.2) is 11.9 Å². The molecule has 1 unspecified atom stereocenters. The summed E-state index contributed by atoms with van der Waals surface area (Å²) in [6.07, 6.45) is 6.34. The molecule has 0 bridgehead atoms. The molecule has 3 aromatic rings. The van der Waals surface area contributed by atoms with Crippen LogP contribution in [0.15, 0.2) is 79.0 Å². The first-order valence-electron chi connectivity index (χ1n) is 7.61. The van der Waals surface area contributed by atoms with Crippen LogP contribution in [0.2, 0.25) is 0 Å². The summed E-state index contributed by atoms with van der Waals surface area (Å²) in [4.78, 5) is 4.85. The molecule has 1 aliphatic rings. The number of nitrogens with zero attached hydrogens (tertiary/aromatic N) is 2. The average molecular weight is 353 g/mol. The Hall–Kier alpha value is -2.23. The molecule has 0 radical (unpaired) electrons. The van der Waals surface area contributed by atoms with Gasteiger partial charge in [0.1, 0.15) is 10.4 Å². The van der Waals surface area contributed by atoms with Crippen LogP contribution in [0.5, 0.6) is 0 Å². The number of hydrogen-bond donors (Lipinski definition) is 0. The highest BCUT2D eigenvalue weighted by molar-refractivity contribution is 7.18. The summed E-state index contributed by atoms with van der Waals surface area (Å²) in [6, 6.07) is 18.6. The molecule has 0 amide bonds. The third-order valence-corrected chi connectivity index (χ3v) is 5.60.